The minimum Gasteiger partial charge on any atom is -0.310 e. The van der Waals surface area contributed by atoms with Gasteiger partial charge in [-0.2, -0.15) is 0 Å². The van der Waals surface area contributed by atoms with E-state index in [2.05, 4.69) is 215 Å². The van der Waals surface area contributed by atoms with E-state index < -0.39 is 0 Å². The molecule has 1 fully saturated rings. The van der Waals surface area contributed by atoms with Crippen molar-refractivity contribution in [3.8, 4) is 55.6 Å². The third kappa shape index (κ3) is 5.74. The second-order valence-electron chi connectivity index (χ2n) is 18.4. The molecule has 8 aromatic carbocycles. The number of fused-ring (bicyclic) bond motifs is 6. The molecule has 11 rings (SSSR count). The fourth-order valence-electron chi connectivity index (χ4n) is 11.1. The lowest BCUT2D eigenvalue weighted by Gasteiger charge is -2.32. The lowest BCUT2D eigenvalue weighted by molar-refractivity contribution is 0.658. The minimum absolute atomic E-state index is 0.138. The molecule has 1 heteroatoms. The Morgan fingerprint density at radius 1 is 0.383 bits per heavy atom. The summed E-state index contributed by atoms with van der Waals surface area (Å²) in [6.45, 7) is 9.62. The Hall–Kier alpha value is -6.44. The highest BCUT2D eigenvalue weighted by Crippen LogP contribution is 2.55. The summed E-state index contributed by atoms with van der Waals surface area (Å²) >= 11 is 0. The molecule has 0 radical (unpaired) electrons. The first-order valence-corrected chi connectivity index (χ1v) is 22.0. The first-order valence-electron chi connectivity index (χ1n) is 22.0. The molecular formula is C59H51N. The zero-order valence-corrected chi connectivity index (χ0v) is 35.2. The SMILES string of the molecule is CC1(C)c2ccccc2-c2ccc(N(c3ccc4c(c3)C(C)(C)c3ccc(C5CCCC5)cc3-4)c3cccc(-c4ccccc4)c3-c3ccccc3-c3ccccc3)cc21. The average Bonchev–Trinajstić information content (AvgIpc) is 3.97. The van der Waals surface area contributed by atoms with Gasteiger partial charge < -0.3 is 4.90 Å². The van der Waals surface area contributed by atoms with E-state index in [-0.39, 0.29) is 10.8 Å². The van der Waals surface area contributed by atoms with E-state index in [1.54, 1.807) is 0 Å². The fourth-order valence-corrected chi connectivity index (χ4v) is 11.1. The van der Waals surface area contributed by atoms with Gasteiger partial charge in [0, 0.05) is 27.8 Å². The maximum atomic E-state index is 2.56. The Bertz CT molecular complexity index is 2930. The van der Waals surface area contributed by atoms with E-state index in [0.29, 0.717) is 5.92 Å². The molecule has 1 nitrogen and oxygen atoms in total. The van der Waals surface area contributed by atoms with Gasteiger partial charge in [0.2, 0.25) is 0 Å². The van der Waals surface area contributed by atoms with Gasteiger partial charge >= 0.3 is 0 Å². The third-order valence-electron chi connectivity index (χ3n) is 14.2. The van der Waals surface area contributed by atoms with Gasteiger partial charge in [0.1, 0.15) is 0 Å². The van der Waals surface area contributed by atoms with Crippen molar-refractivity contribution in [2.75, 3.05) is 4.90 Å². The number of rotatable bonds is 7. The molecule has 0 atom stereocenters. The lowest BCUT2D eigenvalue weighted by atomic mass is 9.81. The van der Waals surface area contributed by atoms with E-state index in [9.17, 15) is 0 Å². The van der Waals surface area contributed by atoms with Gasteiger partial charge in [0.25, 0.3) is 0 Å². The second kappa shape index (κ2) is 14.1. The van der Waals surface area contributed by atoms with E-state index in [1.807, 2.05) is 0 Å². The molecule has 292 valence electrons. The number of anilines is 3. The van der Waals surface area contributed by atoms with Gasteiger partial charge in [-0.3, -0.25) is 0 Å². The summed E-state index contributed by atoms with van der Waals surface area (Å²) in [5.74, 6) is 0.682. The van der Waals surface area contributed by atoms with Crippen molar-refractivity contribution in [1.82, 2.24) is 0 Å². The molecule has 0 N–H and O–H groups in total. The van der Waals surface area contributed by atoms with Crippen molar-refractivity contribution >= 4 is 17.1 Å². The molecule has 0 unspecified atom stereocenters. The smallest absolute Gasteiger partial charge is 0.0546 e. The van der Waals surface area contributed by atoms with Gasteiger partial charge in [0.15, 0.2) is 0 Å². The lowest BCUT2D eigenvalue weighted by Crippen LogP contribution is -2.18. The maximum absolute atomic E-state index is 2.56. The highest BCUT2D eigenvalue weighted by atomic mass is 15.1. The summed E-state index contributed by atoms with van der Waals surface area (Å²) in [7, 11) is 0. The van der Waals surface area contributed by atoms with Crippen molar-refractivity contribution in [2.45, 2.75) is 70.1 Å². The normalized spacial score (nSPS) is 15.6. The quantitative estimate of drug-likeness (QED) is 0.156. The van der Waals surface area contributed by atoms with Gasteiger partial charge in [-0.15, -0.1) is 0 Å². The van der Waals surface area contributed by atoms with Crippen LogP contribution >= 0.6 is 0 Å². The summed E-state index contributed by atoms with van der Waals surface area (Å²) in [5.41, 5.74) is 23.0. The first-order chi connectivity index (χ1) is 29.3. The fraction of sp³-hybridized carbons (Fsp3) is 0.186. The van der Waals surface area contributed by atoms with Gasteiger partial charge in [-0.1, -0.05) is 192 Å². The number of benzene rings is 8. The van der Waals surface area contributed by atoms with Gasteiger partial charge in [-0.05, 0) is 127 Å². The summed E-state index contributed by atoms with van der Waals surface area (Å²) in [6, 6.07) is 68.6. The number of nitrogens with zero attached hydrogens (tertiary/aromatic N) is 1. The van der Waals surface area contributed by atoms with Crippen molar-refractivity contribution in [2.24, 2.45) is 0 Å². The standard InChI is InChI=1S/C59H51N/c1-58(2)52-28-16-15-25-47(52)48-33-31-43(37-54(48)58)60(44-32-34-49-51-36-42(39-18-11-12-19-39)30-35-53(51)59(3,4)55(49)38-44)56-29-17-27-46(41-22-9-6-10-23-41)57(56)50-26-14-13-24-45(50)40-20-7-5-8-21-40/h5-10,13-17,20-39H,11-12,18-19H2,1-4H3. The van der Waals surface area contributed by atoms with Crippen LogP contribution in [0.2, 0.25) is 0 Å². The highest BCUT2D eigenvalue weighted by Gasteiger charge is 2.39. The molecule has 0 saturated heterocycles. The molecule has 1 saturated carbocycles. The third-order valence-corrected chi connectivity index (χ3v) is 14.2. The maximum Gasteiger partial charge on any atom is 0.0546 e. The summed E-state index contributed by atoms with van der Waals surface area (Å²) in [5, 5.41) is 0. The van der Waals surface area contributed by atoms with Crippen LogP contribution < -0.4 is 4.90 Å². The van der Waals surface area contributed by atoms with Crippen molar-refractivity contribution in [3.63, 3.8) is 0 Å². The molecule has 3 aliphatic carbocycles. The molecule has 0 aliphatic heterocycles. The second-order valence-corrected chi connectivity index (χ2v) is 18.4. The van der Waals surface area contributed by atoms with E-state index in [1.165, 1.54) is 115 Å². The topological polar surface area (TPSA) is 3.24 Å². The zero-order chi connectivity index (χ0) is 40.6. The van der Waals surface area contributed by atoms with Crippen LogP contribution in [0.5, 0.6) is 0 Å². The summed E-state index contributed by atoms with van der Waals surface area (Å²) in [4.78, 5) is 2.56. The average molecular weight is 774 g/mol. The largest absolute Gasteiger partial charge is 0.310 e. The van der Waals surface area contributed by atoms with Crippen LogP contribution in [-0.4, -0.2) is 0 Å². The molecule has 3 aliphatic rings. The monoisotopic (exact) mass is 773 g/mol. The molecular weight excluding hydrogens is 723 g/mol. The predicted octanol–water partition coefficient (Wildman–Crippen LogP) is 16.4. The van der Waals surface area contributed by atoms with Crippen LogP contribution in [0.25, 0.3) is 55.6 Å². The van der Waals surface area contributed by atoms with Crippen LogP contribution in [0.4, 0.5) is 17.1 Å². The first kappa shape index (κ1) is 36.6. The van der Waals surface area contributed by atoms with Crippen molar-refractivity contribution < 1.29 is 0 Å². The van der Waals surface area contributed by atoms with Gasteiger partial charge in [-0.25, -0.2) is 0 Å². The van der Waals surface area contributed by atoms with Gasteiger partial charge in [0.05, 0.1) is 5.69 Å². The Morgan fingerprint density at radius 2 is 0.883 bits per heavy atom. The number of hydrogen-bond acceptors (Lipinski definition) is 1. The minimum atomic E-state index is -0.142. The highest BCUT2D eigenvalue weighted by molar-refractivity contribution is 6.02. The van der Waals surface area contributed by atoms with Crippen LogP contribution in [0, 0.1) is 0 Å². The molecule has 0 heterocycles. The van der Waals surface area contributed by atoms with Crippen molar-refractivity contribution in [3.05, 3.63) is 210 Å². The summed E-state index contributed by atoms with van der Waals surface area (Å²) in [6.07, 6.45) is 5.31. The van der Waals surface area contributed by atoms with E-state index in [4.69, 9.17) is 0 Å². The summed E-state index contributed by atoms with van der Waals surface area (Å²) < 4.78 is 0. The molecule has 0 amide bonds. The van der Waals surface area contributed by atoms with Crippen LogP contribution in [0.15, 0.2) is 182 Å². The molecule has 0 aromatic heterocycles. The molecule has 0 spiro atoms. The molecule has 8 aromatic rings. The Labute approximate surface area is 356 Å². The number of hydrogen-bond donors (Lipinski definition) is 0. The Morgan fingerprint density at radius 3 is 1.53 bits per heavy atom. The zero-order valence-electron chi connectivity index (χ0n) is 35.2. The Kier molecular flexibility index (Phi) is 8.60. The molecule has 0 bridgehead atoms. The van der Waals surface area contributed by atoms with E-state index >= 15 is 0 Å². The van der Waals surface area contributed by atoms with E-state index in [0.717, 1.165) is 11.4 Å². The molecule has 60 heavy (non-hydrogen) atoms. The van der Waals surface area contributed by atoms with Crippen molar-refractivity contribution in [1.29, 1.82) is 0 Å². The van der Waals surface area contributed by atoms with Crippen LogP contribution in [-0.2, 0) is 10.8 Å². The van der Waals surface area contributed by atoms with Crippen LogP contribution in [0.1, 0.15) is 87.1 Å². The van der Waals surface area contributed by atoms with Crippen LogP contribution in [0.3, 0.4) is 0 Å². The Balaban J connectivity index is 1.17. The predicted molar refractivity (Wildman–Crippen MR) is 254 cm³/mol.